The van der Waals surface area contributed by atoms with E-state index in [0.29, 0.717) is 0 Å². The van der Waals surface area contributed by atoms with Crippen LogP contribution in [0.25, 0.3) is 0 Å². The van der Waals surface area contributed by atoms with E-state index in [1.54, 1.807) is 11.3 Å². The number of ether oxygens (including phenoxy) is 1. The molecule has 0 saturated heterocycles. The van der Waals surface area contributed by atoms with Crippen LogP contribution < -0.4 is 10.5 Å². The van der Waals surface area contributed by atoms with Gasteiger partial charge in [-0.15, -0.1) is 0 Å². The zero-order valence-electron chi connectivity index (χ0n) is 11.7. The molecule has 2 rings (SSSR count). The van der Waals surface area contributed by atoms with Crippen molar-refractivity contribution < 1.29 is 4.74 Å². The molecule has 2 unspecified atom stereocenters. The van der Waals surface area contributed by atoms with Crippen molar-refractivity contribution in [1.82, 2.24) is 0 Å². The van der Waals surface area contributed by atoms with Crippen LogP contribution >= 0.6 is 11.3 Å². The van der Waals surface area contributed by atoms with Gasteiger partial charge in [0.05, 0.1) is 0 Å². The quantitative estimate of drug-likeness (QED) is 0.886. The van der Waals surface area contributed by atoms with E-state index in [4.69, 9.17) is 10.5 Å². The highest BCUT2D eigenvalue weighted by molar-refractivity contribution is 7.07. The fourth-order valence-corrected chi connectivity index (χ4v) is 2.89. The SMILES string of the molecule is CCC(N)C(Oc1cc(C)cc(C)c1)c1ccsc1. The van der Waals surface area contributed by atoms with Crippen molar-refractivity contribution in [3.05, 3.63) is 51.7 Å². The van der Waals surface area contributed by atoms with E-state index in [-0.39, 0.29) is 12.1 Å². The van der Waals surface area contributed by atoms with Gasteiger partial charge in [0.25, 0.3) is 0 Å². The number of hydrogen-bond acceptors (Lipinski definition) is 3. The van der Waals surface area contributed by atoms with E-state index in [1.807, 2.05) is 0 Å². The molecule has 2 nitrogen and oxygen atoms in total. The summed E-state index contributed by atoms with van der Waals surface area (Å²) in [4.78, 5) is 0. The van der Waals surface area contributed by atoms with E-state index >= 15 is 0 Å². The average molecular weight is 275 g/mol. The second-order valence-electron chi connectivity index (χ2n) is 4.99. The number of thiophene rings is 1. The number of nitrogens with two attached hydrogens (primary N) is 1. The molecule has 0 radical (unpaired) electrons. The lowest BCUT2D eigenvalue weighted by atomic mass is 10.0. The van der Waals surface area contributed by atoms with Crippen LogP contribution in [0.15, 0.2) is 35.0 Å². The van der Waals surface area contributed by atoms with E-state index < -0.39 is 0 Å². The molecule has 0 fully saturated rings. The second kappa shape index (κ2) is 6.22. The molecular weight excluding hydrogens is 254 g/mol. The van der Waals surface area contributed by atoms with Crippen molar-refractivity contribution in [2.24, 2.45) is 5.73 Å². The van der Waals surface area contributed by atoms with Crippen LogP contribution in [0.3, 0.4) is 0 Å². The van der Waals surface area contributed by atoms with E-state index in [1.165, 1.54) is 16.7 Å². The van der Waals surface area contributed by atoms with E-state index in [0.717, 1.165) is 12.2 Å². The minimum atomic E-state index is -0.0718. The summed E-state index contributed by atoms with van der Waals surface area (Å²) in [6, 6.07) is 8.37. The van der Waals surface area contributed by atoms with Crippen molar-refractivity contribution in [2.75, 3.05) is 0 Å². The molecule has 1 aromatic heterocycles. The Balaban J connectivity index is 2.25. The number of rotatable bonds is 5. The first-order valence-electron chi connectivity index (χ1n) is 6.62. The van der Waals surface area contributed by atoms with Gasteiger partial charge in [0, 0.05) is 11.6 Å². The molecule has 1 aromatic carbocycles. The highest BCUT2D eigenvalue weighted by Crippen LogP contribution is 2.28. The van der Waals surface area contributed by atoms with Crippen molar-refractivity contribution in [1.29, 1.82) is 0 Å². The molecule has 2 N–H and O–H groups in total. The summed E-state index contributed by atoms with van der Waals surface area (Å²) >= 11 is 1.68. The molecule has 0 bridgehead atoms. The fraction of sp³-hybridized carbons (Fsp3) is 0.375. The summed E-state index contributed by atoms with van der Waals surface area (Å²) in [6.45, 7) is 6.26. The minimum absolute atomic E-state index is 0.00965. The van der Waals surface area contributed by atoms with Crippen molar-refractivity contribution in [3.8, 4) is 5.75 Å². The van der Waals surface area contributed by atoms with Gasteiger partial charge in [-0.3, -0.25) is 0 Å². The average Bonchev–Trinajstić information content (AvgIpc) is 2.87. The second-order valence-corrected chi connectivity index (χ2v) is 5.77. The van der Waals surface area contributed by atoms with Gasteiger partial charge in [-0.1, -0.05) is 13.0 Å². The smallest absolute Gasteiger partial charge is 0.140 e. The van der Waals surface area contributed by atoms with Gasteiger partial charge in [-0.05, 0) is 60.4 Å². The van der Waals surface area contributed by atoms with Crippen LogP contribution in [0.2, 0.25) is 0 Å². The molecule has 0 aliphatic heterocycles. The van der Waals surface area contributed by atoms with Crippen molar-refractivity contribution >= 4 is 11.3 Å². The molecule has 0 aliphatic carbocycles. The lowest BCUT2D eigenvalue weighted by Crippen LogP contribution is -2.31. The third kappa shape index (κ3) is 3.58. The van der Waals surface area contributed by atoms with Crippen molar-refractivity contribution in [3.63, 3.8) is 0 Å². The van der Waals surface area contributed by atoms with Crippen LogP contribution in [0, 0.1) is 13.8 Å². The molecule has 0 spiro atoms. The van der Waals surface area contributed by atoms with Crippen LogP contribution in [0.1, 0.15) is 36.1 Å². The maximum absolute atomic E-state index is 6.21. The van der Waals surface area contributed by atoms with Gasteiger partial charge in [0.1, 0.15) is 11.9 Å². The molecule has 0 amide bonds. The normalized spacial score (nSPS) is 14.1. The molecule has 0 saturated carbocycles. The maximum Gasteiger partial charge on any atom is 0.140 e. The molecule has 0 aliphatic rings. The Hall–Kier alpha value is -1.32. The van der Waals surface area contributed by atoms with E-state index in [9.17, 15) is 0 Å². The molecule has 19 heavy (non-hydrogen) atoms. The molecule has 2 aromatic rings. The summed E-state index contributed by atoms with van der Waals surface area (Å²) in [7, 11) is 0. The third-order valence-electron chi connectivity index (χ3n) is 3.19. The Morgan fingerprint density at radius 3 is 2.42 bits per heavy atom. The summed E-state index contributed by atoms with van der Waals surface area (Å²) in [6.07, 6.45) is 0.822. The highest BCUT2D eigenvalue weighted by atomic mass is 32.1. The molecule has 102 valence electrons. The van der Waals surface area contributed by atoms with Gasteiger partial charge in [0.2, 0.25) is 0 Å². The Bertz CT molecular complexity index is 501. The Kier molecular flexibility index (Phi) is 4.61. The first kappa shape index (κ1) is 14.1. The van der Waals surface area contributed by atoms with Gasteiger partial charge in [0.15, 0.2) is 0 Å². The highest BCUT2D eigenvalue weighted by Gasteiger charge is 2.21. The lowest BCUT2D eigenvalue weighted by molar-refractivity contribution is 0.171. The van der Waals surface area contributed by atoms with E-state index in [2.05, 4.69) is 55.8 Å². The predicted molar refractivity (Wildman–Crippen MR) is 81.9 cm³/mol. The first-order valence-corrected chi connectivity index (χ1v) is 7.57. The Labute approximate surface area is 119 Å². The number of hydrogen-bond donors (Lipinski definition) is 1. The standard InChI is InChI=1S/C16H21NOS/c1-4-15(17)16(13-5-6-19-10-13)18-14-8-11(2)7-12(3)9-14/h5-10,15-16H,4,17H2,1-3H3. The topological polar surface area (TPSA) is 35.2 Å². The van der Waals surface area contributed by atoms with Gasteiger partial charge in [-0.25, -0.2) is 0 Å². The molecular formula is C16H21NOS. The summed E-state index contributed by atoms with van der Waals surface area (Å²) < 4.78 is 6.15. The lowest BCUT2D eigenvalue weighted by Gasteiger charge is -2.24. The summed E-state index contributed by atoms with van der Waals surface area (Å²) in [5.41, 5.74) is 9.80. The molecule has 2 atom stereocenters. The number of benzene rings is 1. The minimum Gasteiger partial charge on any atom is -0.484 e. The Morgan fingerprint density at radius 2 is 1.89 bits per heavy atom. The predicted octanol–water partition coefficient (Wildman–Crippen LogP) is 4.22. The zero-order chi connectivity index (χ0) is 13.8. The van der Waals surface area contributed by atoms with Crippen LogP contribution in [-0.4, -0.2) is 6.04 Å². The largest absolute Gasteiger partial charge is 0.484 e. The summed E-state index contributed by atoms with van der Waals surface area (Å²) in [5, 5.41) is 4.18. The van der Waals surface area contributed by atoms with Crippen LogP contribution in [0.5, 0.6) is 5.75 Å². The summed E-state index contributed by atoms with van der Waals surface area (Å²) in [5.74, 6) is 0.901. The fourth-order valence-electron chi connectivity index (χ4n) is 2.20. The van der Waals surface area contributed by atoms with Crippen LogP contribution in [-0.2, 0) is 0 Å². The zero-order valence-corrected chi connectivity index (χ0v) is 12.5. The van der Waals surface area contributed by atoms with Gasteiger partial charge < -0.3 is 10.5 Å². The molecule has 1 heterocycles. The monoisotopic (exact) mass is 275 g/mol. The molecule has 3 heteroatoms. The van der Waals surface area contributed by atoms with Crippen LogP contribution in [0.4, 0.5) is 0 Å². The Morgan fingerprint density at radius 1 is 1.21 bits per heavy atom. The third-order valence-corrected chi connectivity index (χ3v) is 3.89. The van der Waals surface area contributed by atoms with Crippen molar-refractivity contribution in [2.45, 2.75) is 39.3 Å². The van der Waals surface area contributed by atoms with Gasteiger partial charge in [-0.2, -0.15) is 11.3 Å². The van der Waals surface area contributed by atoms with Gasteiger partial charge >= 0.3 is 0 Å². The maximum atomic E-state index is 6.21. The number of aryl methyl sites for hydroxylation is 2. The first-order chi connectivity index (χ1) is 9.10.